The molecule has 2 aromatic carbocycles. The maximum atomic E-state index is 13.3. The van der Waals surface area contributed by atoms with Gasteiger partial charge in [0.05, 0.1) is 35.6 Å². The molecule has 4 aromatic rings. The van der Waals surface area contributed by atoms with E-state index in [2.05, 4.69) is 48.2 Å². The first kappa shape index (κ1) is 19.7. The molecule has 0 bridgehead atoms. The minimum atomic E-state index is 0.0267. The molecule has 1 atom stereocenters. The minimum absolute atomic E-state index is 0.0267. The van der Waals surface area contributed by atoms with E-state index in [1.165, 1.54) is 11.1 Å². The Morgan fingerprint density at radius 2 is 2.00 bits per heavy atom. The van der Waals surface area contributed by atoms with Crippen LogP contribution in [0.15, 0.2) is 59.9 Å². The summed E-state index contributed by atoms with van der Waals surface area (Å²) in [6, 6.07) is 12.4. The summed E-state index contributed by atoms with van der Waals surface area (Å²) < 4.78 is 9.20. The van der Waals surface area contributed by atoms with Crippen LogP contribution in [0, 0.1) is 13.8 Å². The first-order chi connectivity index (χ1) is 15.1. The molecule has 3 heterocycles. The highest BCUT2D eigenvalue weighted by Crippen LogP contribution is 2.25. The first-order valence-corrected chi connectivity index (χ1v) is 10.8. The van der Waals surface area contributed by atoms with Crippen molar-refractivity contribution >= 4 is 10.9 Å². The predicted octanol–water partition coefficient (Wildman–Crippen LogP) is 4.14. The molecule has 2 aromatic heterocycles. The van der Waals surface area contributed by atoms with Gasteiger partial charge in [-0.25, -0.2) is 9.67 Å². The van der Waals surface area contributed by atoms with Gasteiger partial charge >= 0.3 is 0 Å². The number of rotatable bonds is 4. The van der Waals surface area contributed by atoms with Crippen LogP contribution < -0.4 is 5.56 Å². The molecule has 0 saturated carbocycles. The van der Waals surface area contributed by atoms with Crippen LogP contribution in [0.5, 0.6) is 0 Å². The summed E-state index contributed by atoms with van der Waals surface area (Å²) in [5.74, 6) is 0. The summed E-state index contributed by atoms with van der Waals surface area (Å²) in [5, 5.41) is 4.97. The molecular weight excluding hydrogens is 388 g/mol. The molecule has 0 aliphatic carbocycles. The molecule has 0 radical (unpaired) electrons. The molecule has 5 rings (SSSR count). The number of fused-ring (bicyclic) bond motifs is 1. The van der Waals surface area contributed by atoms with Gasteiger partial charge in [0.2, 0.25) is 0 Å². The van der Waals surface area contributed by atoms with Crippen molar-refractivity contribution in [3.63, 3.8) is 0 Å². The van der Waals surface area contributed by atoms with E-state index in [4.69, 9.17) is 4.74 Å². The highest BCUT2D eigenvalue weighted by Gasteiger charge is 2.19. The second-order valence-corrected chi connectivity index (χ2v) is 8.30. The lowest BCUT2D eigenvalue weighted by molar-refractivity contribution is 0.0578. The van der Waals surface area contributed by atoms with Gasteiger partial charge in [0.25, 0.3) is 5.56 Å². The summed E-state index contributed by atoms with van der Waals surface area (Å²) in [4.78, 5) is 18.0. The maximum absolute atomic E-state index is 13.3. The second kappa shape index (κ2) is 8.12. The van der Waals surface area contributed by atoms with Crippen LogP contribution in [0.4, 0.5) is 0 Å². The summed E-state index contributed by atoms with van der Waals surface area (Å²) in [6.07, 6.45) is 8.10. The normalized spacial score (nSPS) is 16.6. The Balaban J connectivity index is 1.51. The van der Waals surface area contributed by atoms with Gasteiger partial charge in [0.1, 0.15) is 0 Å². The molecule has 0 spiro atoms. The van der Waals surface area contributed by atoms with E-state index in [9.17, 15) is 4.79 Å². The first-order valence-electron chi connectivity index (χ1n) is 10.8. The van der Waals surface area contributed by atoms with E-state index >= 15 is 0 Å². The monoisotopic (exact) mass is 414 g/mol. The van der Waals surface area contributed by atoms with Crippen molar-refractivity contribution in [1.82, 2.24) is 19.3 Å². The van der Waals surface area contributed by atoms with Crippen molar-refractivity contribution in [2.24, 2.45) is 0 Å². The lowest BCUT2D eigenvalue weighted by atomic mass is 9.94. The molecule has 0 amide bonds. The molecule has 1 aliphatic heterocycles. The maximum Gasteiger partial charge on any atom is 0.261 e. The van der Waals surface area contributed by atoms with Gasteiger partial charge in [0.15, 0.2) is 0 Å². The van der Waals surface area contributed by atoms with Gasteiger partial charge in [-0.1, -0.05) is 12.1 Å². The smallest absolute Gasteiger partial charge is 0.261 e. The van der Waals surface area contributed by atoms with Crippen LogP contribution in [0.3, 0.4) is 0 Å². The summed E-state index contributed by atoms with van der Waals surface area (Å²) in [6.45, 7) is 5.52. The van der Waals surface area contributed by atoms with E-state index < -0.39 is 0 Å². The van der Waals surface area contributed by atoms with Crippen molar-refractivity contribution in [3.05, 3.63) is 87.7 Å². The second-order valence-electron chi connectivity index (χ2n) is 8.30. The highest BCUT2D eigenvalue weighted by molar-refractivity contribution is 5.83. The van der Waals surface area contributed by atoms with Crippen molar-refractivity contribution in [2.75, 3.05) is 13.2 Å². The van der Waals surface area contributed by atoms with E-state index in [0.717, 1.165) is 48.2 Å². The lowest BCUT2D eigenvalue weighted by Gasteiger charge is -2.24. The number of hydrogen-bond donors (Lipinski definition) is 0. The van der Waals surface area contributed by atoms with Gasteiger partial charge in [-0.2, -0.15) is 5.10 Å². The molecule has 1 unspecified atom stereocenters. The predicted molar refractivity (Wildman–Crippen MR) is 121 cm³/mol. The third-order valence-electron chi connectivity index (χ3n) is 6.38. The Morgan fingerprint density at radius 3 is 2.71 bits per heavy atom. The Bertz CT molecular complexity index is 1270. The van der Waals surface area contributed by atoms with Crippen LogP contribution in [0.2, 0.25) is 0 Å². The van der Waals surface area contributed by atoms with Crippen LogP contribution in [0.1, 0.15) is 41.1 Å². The van der Waals surface area contributed by atoms with Crippen LogP contribution in [-0.4, -0.2) is 32.5 Å². The quantitative estimate of drug-likeness (QED) is 0.504. The number of ether oxygens (including phenoxy) is 1. The number of benzene rings is 2. The third kappa shape index (κ3) is 3.68. The third-order valence-corrected chi connectivity index (χ3v) is 6.38. The SMILES string of the molecule is Cc1c(Cc2ccc(-n3cccn3)cc2)cc2c(=O)n(C3CCCOC3)cnc2c1C. The van der Waals surface area contributed by atoms with Crippen LogP contribution >= 0.6 is 0 Å². The Labute approximate surface area is 181 Å². The highest BCUT2D eigenvalue weighted by atomic mass is 16.5. The van der Waals surface area contributed by atoms with Gasteiger partial charge < -0.3 is 4.74 Å². The molecule has 1 saturated heterocycles. The summed E-state index contributed by atoms with van der Waals surface area (Å²) in [5.41, 5.74) is 6.48. The zero-order chi connectivity index (χ0) is 21.4. The van der Waals surface area contributed by atoms with Crippen LogP contribution in [-0.2, 0) is 11.2 Å². The molecule has 0 N–H and O–H groups in total. The number of hydrogen-bond acceptors (Lipinski definition) is 4. The van der Waals surface area contributed by atoms with Gasteiger partial charge in [-0.05, 0) is 79.6 Å². The summed E-state index contributed by atoms with van der Waals surface area (Å²) in [7, 11) is 0. The molecule has 6 heteroatoms. The van der Waals surface area contributed by atoms with Crippen molar-refractivity contribution < 1.29 is 4.74 Å². The fourth-order valence-electron chi connectivity index (χ4n) is 4.41. The molecule has 1 fully saturated rings. The molecular formula is C25H26N4O2. The largest absolute Gasteiger partial charge is 0.379 e. The van der Waals surface area contributed by atoms with E-state index in [1.807, 2.05) is 23.0 Å². The zero-order valence-corrected chi connectivity index (χ0v) is 17.9. The molecule has 1 aliphatic rings. The van der Waals surface area contributed by atoms with Crippen LogP contribution in [0.25, 0.3) is 16.6 Å². The Morgan fingerprint density at radius 1 is 1.16 bits per heavy atom. The molecule has 158 valence electrons. The zero-order valence-electron chi connectivity index (χ0n) is 17.9. The fourth-order valence-corrected chi connectivity index (χ4v) is 4.41. The van der Waals surface area contributed by atoms with Gasteiger partial charge in [0, 0.05) is 19.0 Å². The van der Waals surface area contributed by atoms with Crippen molar-refractivity contribution in [1.29, 1.82) is 0 Å². The molecule has 6 nitrogen and oxygen atoms in total. The fraction of sp³-hybridized carbons (Fsp3) is 0.320. The standard InChI is InChI=1S/C25H26N4O2/c1-17-18(2)24-23(25(30)28(16-26-24)22-5-3-12-31-15-22)14-20(17)13-19-6-8-21(9-7-19)29-11-4-10-27-29/h4,6-11,14,16,22H,3,5,12-13,15H2,1-2H3. The average molecular weight is 415 g/mol. The number of aromatic nitrogens is 4. The Hall–Kier alpha value is -3.25. The number of nitrogens with zero attached hydrogens (tertiary/aromatic N) is 4. The van der Waals surface area contributed by atoms with E-state index in [-0.39, 0.29) is 11.6 Å². The van der Waals surface area contributed by atoms with Gasteiger partial charge in [-0.3, -0.25) is 9.36 Å². The van der Waals surface area contributed by atoms with E-state index in [1.54, 1.807) is 17.1 Å². The average Bonchev–Trinajstić information content (AvgIpc) is 3.34. The Kier molecular flexibility index (Phi) is 5.16. The van der Waals surface area contributed by atoms with Crippen molar-refractivity contribution in [2.45, 2.75) is 39.2 Å². The van der Waals surface area contributed by atoms with Gasteiger partial charge in [-0.15, -0.1) is 0 Å². The topological polar surface area (TPSA) is 61.9 Å². The minimum Gasteiger partial charge on any atom is -0.379 e. The lowest BCUT2D eigenvalue weighted by Crippen LogP contribution is -2.30. The number of aryl methyl sites for hydroxylation is 1. The van der Waals surface area contributed by atoms with E-state index in [0.29, 0.717) is 12.0 Å². The molecule has 31 heavy (non-hydrogen) atoms. The summed E-state index contributed by atoms with van der Waals surface area (Å²) >= 11 is 0. The van der Waals surface area contributed by atoms with Crippen molar-refractivity contribution in [3.8, 4) is 5.69 Å².